The zero-order valence-electron chi connectivity index (χ0n) is 12.9. The van der Waals surface area contributed by atoms with Crippen molar-refractivity contribution in [3.8, 4) is 5.75 Å². The quantitative estimate of drug-likeness (QED) is 0.866. The Bertz CT molecular complexity index is 504. The van der Waals surface area contributed by atoms with Crippen LogP contribution >= 0.6 is 0 Å². The molecular weight excluding hydrogens is 268 g/mol. The van der Waals surface area contributed by atoms with Gasteiger partial charge in [0.05, 0.1) is 19.3 Å². The molecule has 1 aromatic rings. The van der Waals surface area contributed by atoms with Gasteiger partial charge in [-0.1, -0.05) is 17.7 Å². The van der Waals surface area contributed by atoms with Crippen LogP contribution in [0, 0.1) is 6.92 Å². The standard InChI is InChI=1S/C16H24N2O3/c1-10-4-6-14(20-3)13(8-10)11(2)18-16(19)15-7-5-12(9-17)21-15/h4,6,8,11-12,15H,5,7,9,17H2,1-3H3,(H,18,19). The topological polar surface area (TPSA) is 73.6 Å². The molecular formula is C16H24N2O3. The van der Waals surface area contributed by atoms with Crippen molar-refractivity contribution in [1.82, 2.24) is 5.32 Å². The van der Waals surface area contributed by atoms with E-state index >= 15 is 0 Å². The number of ether oxygens (including phenoxy) is 2. The highest BCUT2D eigenvalue weighted by Gasteiger charge is 2.30. The van der Waals surface area contributed by atoms with Crippen LogP contribution in [0.15, 0.2) is 18.2 Å². The third-order valence-corrected chi connectivity index (χ3v) is 3.87. The summed E-state index contributed by atoms with van der Waals surface area (Å²) < 4.78 is 11.0. The summed E-state index contributed by atoms with van der Waals surface area (Å²) in [5.41, 5.74) is 7.67. The molecule has 0 radical (unpaired) electrons. The number of nitrogens with two attached hydrogens (primary N) is 1. The number of carbonyl (C=O) groups excluding carboxylic acids is 1. The highest BCUT2D eigenvalue weighted by Crippen LogP contribution is 2.27. The maximum absolute atomic E-state index is 12.3. The molecule has 21 heavy (non-hydrogen) atoms. The van der Waals surface area contributed by atoms with Crippen LogP contribution in [0.3, 0.4) is 0 Å². The van der Waals surface area contributed by atoms with Gasteiger partial charge in [-0.3, -0.25) is 4.79 Å². The molecule has 3 atom stereocenters. The number of amides is 1. The van der Waals surface area contributed by atoms with Gasteiger partial charge in [-0.25, -0.2) is 0 Å². The van der Waals surface area contributed by atoms with Crippen molar-refractivity contribution >= 4 is 5.91 Å². The molecule has 5 nitrogen and oxygen atoms in total. The molecule has 1 heterocycles. The highest BCUT2D eigenvalue weighted by atomic mass is 16.5. The molecule has 1 aliphatic heterocycles. The van der Waals surface area contributed by atoms with E-state index in [0.717, 1.165) is 29.7 Å². The minimum Gasteiger partial charge on any atom is -0.496 e. The molecule has 0 bridgehead atoms. The van der Waals surface area contributed by atoms with Gasteiger partial charge in [-0.05, 0) is 32.8 Å². The summed E-state index contributed by atoms with van der Waals surface area (Å²) in [6, 6.07) is 5.81. The smallest absolute Gasteiger partial charge is 0.249 e. The first-order chi connectivity index (χ1) is 10.0. The van der Waals surface area contributed by atoms with E-state index in [0.29, 0.717) is 6.54 Å². The first-order valence-electron chi connectivity index (χ1n) is 7.35. The van der Waals surface area contributed by atoms with Gasteiger partial charge in [0.15, 0.2) is 0 Å². The summed E-state index contributed by atoms with van der Waals surface area (Å²) in [6.45, 7) is 4.43. The molecule has 1 aromatic carbocycles. The molecule has 3 unspecified atom stereocenters. The third-order valence-electron chi connectivity index (χ3n) is 3.87. The lowest BCUT2D eigenvalue weighted by molar-refractivity contribution is -0.132. The van der Waals surface area contributed by atoms with E-state index in [1.165, 1.54) is 0 Å². The van der Waals surface area contributed by atoms with Gasteiger partial charge in [-0.2, -0.15) is 0 Å². The Kier molecular flexibility index (Phi) is 5.20. The van der Waals surface area contributed by atoms with E-state index in [2.05, 4.69) is 5.32 Å². The summed E-state index contributed by atoms with van der Waals surface area (Å²) in [4.78, 5) is 12.3. The molecule has 0 saturated carbocycles. The summed E-state index contributed by atoms with van der Waals surface area (Å²) in [5.74, 6) is 0.697. The lowest BCUT2D eigenvalue weighted by Crippen LogP contribution is -2.37. The number of hydrogen-bond donors (Lipinski definition) is 2. The van der Waals surface area contributed by atoms with E-state index in [-0.39, 0.29) is 18.1 Å². The zero-order chi connectivity index (χ0) is 15.4. The van der Waals surface area contributed by atoms with Crippen LogP contribution in [0.5, 0.6) is 5.75 Å². The molecule has 5 heteroatoms. The van der Waals surface area contributed by atoms with E-state index in [1.54, 1.807) is 7.11 Å². The first-order valence-corrected chi connectivity index (χ1v) is 7.35. The Morgan fingerprint density at radius 2 is 2.29 bits per heavy atom. The van der Waals surface area contributed by atoms with Gasteiger partial charge >= 0.3 is 0 Å². The number of rotatable bonds is 5. The van der Waals surface area contributed by atoms with Gasteiger partial charge in [0, 0.05) is 12.1 Å². The van der Waals surface area contributed by atoms with Crippen LogP contribution in [0.2, 0.25) is 0 Å². The molecule has 0 spiro atoms. The van der Waals surface area contributed by atoms with Crippen LogP contribution in [0.4, 0.5) is 0 Å². The molecule has 1 saturated heterocycles. The highest BCUT2D eigenvalue weighted by molar-refractivity contribution is 5.81. The van der Waals surface area contributed by atoms with Crippen LogP contribution in [-0.2, 0) is 9.53 Å². The normalized spacial score (nSPS) is 22.9. The average Bonchev–Trinajstić information content (AvgIpc) is 2.96. The summed E-state index contributed by atoms with van der Waals surface area (Å²) in [5, 5.41) is 3.00. The summed E-state index contributed by atoms with van der Waals surface area (Å²) in [6.07, 6.45) is 1.18. The van der Waals surface area contributed by atoms with Crippen molar-refractivity contribution in [3.63, 3.8) is 0 Å². The van der Waals surface area contributed by atoms with Crippen molar-refractivity contribution in [2.45, 2.75) is 44.9 Å². The molecule has 2 rings (SSSR count). The number of benzene rings is 1. The van der Waals surface area contributed by atoms with E-state index in [9.17, 15) is 4.79 Å². The first kappa shape index (κ1) is 15.8. The van der Waals surface area contributed by atoms with Gasteiger partial charge in [0.2, 0.25) is 5.91 Å². The van der Waals surface area contributed by atoms with Crippen LogP contribution in [0.1, 0.15) is 36.9 Å². The number of aryl methyl sites for hydroxylation is 1. The molecule has 3 N–H and O–H groups in total. The largest absolute Gasteiger partial charge is 0.496 e. The zero-order valence-corrected chi connectivity index (χ0v) is 12.9. The molecule has 0 aliphatic carbocycles. The number of methoxy groups -OCH3 is 1. The fraction of sp³-hybridized carbons (Fsp3) is 0.562. The van der Waals surface area contributed by atoms with Crippen molar-refractivity contribution in [2.24, 2.45) is 5.73 Å². The maximum atomic E-state index is 12.3. The Labute approximate surface area is 125 Å². The Hall–Kier alpha value is -1.59. The third kappa shape index (κ3) is 3.74. The average molecular weight is 292 g/mol. The fourth-order valence-electron chi connectivity index (χ4n) is 2.65. The van der Waals surface area contributed by atoms with Crippen molar-refractivity contribution in [2.75, 3.05) is 13.7 Å². The van der Waals surface area contributed by atoms with Gasteiger partial charge in [0.25, 0.3) is 0 Å². The van der Waals surface area contributed by atoms with Crippen LogP contribution in [0.25, 0.3) is 0 Å². The summed E-state index contributed by atoms with van der Waals surface area (Å²) in [7, 11) is 1.63. The number of hydrogen-bond acceptors (Lipinski definition) is 4. The second-order valence-electron chi connectivity index (χ2n) is 5.54. The molecule has 1 fully saturated rings. The fourth-order valence-corrected chi connectivity index (χ4v) is 2.65. The van der Waals surface area contributed by atoms with Crippen molar-refractivity contribution in [3.05, 3.63) is 29.3 Å². The SMILES string of the molecule is COc1ccc(C)cc1C(C)NC(=O)C1CCC(CN)O1. The minimum absolute atomic E-state index is 0.00422. The minimum atomic E-state index is -0.392. The second-order valence-corrected chi connectivity index (χ2v) is 5.54. The van der Waals surface area contributed by atoms with Crippen molar-refractivity contribution in [1.29, 1.82) is 0 Å². The monoisotopic (exact) mass is 292 g/mol. The van der Waals surface area contributed by atoms with E-state index in [4.69, 9.17) is 15.2 Å². The van der Waals surface area contributed by atoms with Gasteiger partial charge < -0.3 is 20.5 Å². The number of carbonyl (C=O) groups is 1. The van der Waals surface area contributed by atoms with Gasteiger partial charge in [0.1, 0.15) is 11.9 Å². The molecule has 1 amide bonds. The molecule has 1 aliphatic rings. The van der Waals surface area contributed by atoms with Crippen LogP contribution in [-0.4, -0.2) is 31.8 Å². The second kappa shape index (κ2) is 6.91. The van der Waals surface area contributed by atoms with E-state index < -0.39 is 6.10 Å². The van der Waals surface area contributed by atoms with Crippen LogP contribution < -0.4 is 15.8 Å². The molecule has 116 valence electrons. The van der Waals surface area contributed by atoms with E-state index in [1.807, 2.05) is 32.0 Å². The maximum Gasteiger partial charge on any atom is 0.249 e. The Morgan fingerprint density at radius 3 is 2.90 bits per heavy atom. The van der Waals surface area contributed by atoms with Crippen molar-refractivity contribution < 1.29 is 14.3 Å². The van der Waals surface area contributed by atoms with Gasteiger partial charge in [-0.15, -0.1) is 0 Å². The lowest BCUT2D eigenvalue weighted by atomic mass is 10.0. The predicted octanol–water partition coefficient (Wildman–Crippen LogP) is 1.69. The number of nitrogens with one attached hydrogen (secondary N) is 1. The summed E-state index contributed by atoms with van der Waals surface area (Å²) >= 11 is 0. The lowest BCUT2D eigenvalue weighted by Gasteiger charge is -2.20. The Balaban J connectivity index is 2.02. The predicted molar refractivity (Wildman–Crippen MR) is 81.2 cm³/mol. The molecule has 0 aromatic heterocycles. The Morgan fingerprint density at radius 1 is 1.52 bits per heavy atom.